The summed E-state index contributed by atoms with van der Waals surface area (Å²) >= 11 is 2.64. The van der Waals surface area contributed by atoms with Gasteiger partial charge in [-0.15, -0.1) is 11.3 Å². The van der Waals surface area contributed by atoms with E-state index in [2.05, 4.69) is 4.98 Å². The average molecular weight is 495 g/mol. The molecule has 4 heterocycles. The van der Waals surface area contributed by atoms with Crippen molar-refractivity contribution in [2.75, 3.05) is 0 Å². The van der Waals surface area contributed by atoms with E-state index in [1.54, 1.807) is 23.9 Å². The predicted molar refractivity (Wildman–Crippen MR) is 118 cm³/mol. The number of amides is 1. The minimum atomic E-state index is -0.892. The molecule has 0 aliphatic carbocycles. The number of aliphatic hydroxyl groups is 2. The van der Waals surface area contributed by atoms with Crippen LogP contribution in [0.1, 0.15) is 35.9 Å². The highest BCUT2D eigenvalue weighted by molar-refractivity contribution is 8.06. The van der Waals surface area contributed by atoms with Crippen molar-refractivity contribution >= 4 is 41.1 Å². The van der Waals surface area contributed by atoms with Crippen molar-refractivity contribution in [1.29, 1.82) is 0 Å². The third-order valence-corrected chi connectivity index (χ3v) is 7.64. The molecule has 1 amide bonds. The molecule has 176 valence electrons. The van der Waals surface area contributed by atoms with Crippen LogP contribution in [0.15, 0.2) is 35.1 Å². The van der Waals surface area contributed by atoms with E-state index in [4.69, 9.17) is 13.6 Å². The molecular formula is C21H22N2O8S2. The van der Waals surface area contributed by atoms with Gasteiger partial charge >= 0.3 is 11.8 Å². The SMILES string of the molecule is Cc1oc(=O)oc1COC(=O)C1=C(S/C=C\c2scnc2CO)[C@H](C)[C@@H]2[C@@H]([C@@H](C)O)C(=O)N12. The molecule has 2 aromatic heterocycles. The standard InChI is InChI=1S/C21H22N2O8S2/c1-9-16-15(10(2)25)19(26)23(16)17(20(27)29-7-13-11(3)30-21(28)31-13)18(9)32-5-4-14-12(6-24)22-8-33-14/h4-5,8-10,15-16,24-25H,6-7H2,1-3H3/b5-4-/t9-,10-,15-,16-/m1/s1. The van der Waals surface area contributed by atoms with Gasteiger partial charge in [-0.05, 0) is 25.3 Å². The topological polar surface area (TPSA) is 143 Å². The van der Waals surface area contributed by atoms with Crippen LogP contribution in [-0.2, 0) is 27.5 Å². The third-order valence-electron chi connectivity index (χ3n) is 5.71. The average Bonchev–Trinajstić information content (AvgIpc) is 3.41. The molecule has 10 nitrogen and oxygen atoms in total. The number of β-lactam (4-membered cyclic amide) rings is 1. The van der Waals surface area contributed by atoms with Crippen LogP contribution in [0.5, 0.6) is 0 Å². The summed E-state index contributed by atoms with van der Waals surface area (Å²) in [7, 11) is 0. The van der Waals surface area contributed by atoms with E-state index in [1.807, 2.05) is 6.92 Å². The molecule has 1 fully saturated rings. The molecule has 0 unspecified atom stereocenters. The lowest BCUT2D eigenvalue weighted by atomic mass is 9.79. The Hall–Kier alpha value is -2.67. The second-order valence-corrected chi connectivity index (χ2v) is 9.55. The van der Waals surface area contributed by atoms with Gasteiger partial charge in [0.2, 0.25) is 5.91 Å². The summed E-state index contributed by atoms with van der Waals surface area (Å²) < 4.78 is 15.0. The molecule has 12 heteroatoms. The highest BCUT2D eigenvalue weighted by Crippen LogP contribution is 2.51. The highest BCUT2D eigenvalue weighted by Gasteiger charge is 2.60. The number of hydrogen-bond acceptors (Lipinski definition) is 11. The van der Waals surface area contributed by atoms with E-state index in [9.17, 15) is 24.6 Å². The number of carbonyl (C=O) groups is 2. The molecule has 2 aromatic rings. The van der Waals surface area contributed by atoms with E-state index in [0.717, 1.165) is 4.88 Å². The lowest BCUT2D eigenvalue weighted by Gasteiger charge is -2.46. The van der Waals surface area contributed by atoms with Gasteiger partial charge in [0.15, 0.2) is 18.1 Å². The molecule has 33 heavy (non-hydrogen) atoms. The van der Waals surface area contributed by atoms with Gasteiger partial charge in [0, 0.05) is 10.8 Å². The van der Waals surface area contributed by atoms with E-state index in [0.29, 0.717) is 10.6 Å². The number of esters is 1. The fourth-order valence-corrected chi connectivity index (χ4v) is 5.85. The molecule has 1 saturated heterocycles. The molecule has 0 radical (unpaired) electrons. The second-order valence-electron chi connectivity index (χ2n) is 7.72. The van der Waals surface area contributed by atoms with Crippen molar-refractivity contribution in [3.63, 3.8) is 0 Å². The van der Waals surface area contributed by atoms with Crippen LogP contribution < -0.4 is 5.82 Å². The normalized spacial score (nSPS) is 23.2. The third kappa shape index (κ3) is 4.19. The van der Waals surface area contributed by atoms with Crippen molar-refractivity contribution < 1.29 is 33.4 Å². The first-order valence-corrected chi connectivity index (χ1v) is 11.9. The van der Waals surface area contributed by atoms with Gasteiger partial charge in [-0.2, -0.15) is 0 Å². The summed E-state index contributed by atoms with van der Waals surface area (Å²) in [6, 6.07) is -0.360. The molecule has 2 aliphatic heterocycles. The van der Waals surface area contributed by atoms with E-state index in [-0.39, 0.29) is 48.3 Å². The number of hydrogen-bond donors (Lipinski definition) is 2. The molecule has 2 N–H and O–H groups in total. The molecule has 0 saturated carbocycles. The van der Waals surface area contributed by atoms with Crippen molar-refractivity contribution in [2.24, 2.45) is 11.8 Å². The summed E-state index contributed by atoms with van der Waals surface area (Å²) in [4.78, 5) is 43.9. The predicted octanol–water partition coefficient (Wildman–Crippen LogP) is 2.01. The van der Waals surface area contributed by atoms with Crippen LogP contribution in [-0.4, -0.2) is 44.1 Å². The quantitative estimate of drug-likeness (QED) is 0.413. The molecular weight excluding hydrogens is 472 g/mol. The number of aromatic nitrogens is 1. The summed E-state index contributed by atoms with van der Waals surface area (Å²) in [5, 5.41) is 21.2. The Labute approximate surface area is 196 Å². The van der Waals surface area contributed by atoms with Crippen molar-refractivity contribution in [3.05, 3.63) is 54.2 Å². The lowest BCUT2D eigenvalue weighted by Crippen LogP contribution is -2.63. The Morgan fingerprint density at radius 3 is 2.82 bits per heavy atom. The summed E-state index contributed by atoms with van der Waals surface area (Å²) in [6.45, 7) is 4.45. The van der Waals surface area contributed by atoms with Crippen LogP contribution in [0.3, 0.4) is 0 Å². The first-order valence-electron chi connectivity index (χ1n) is 10.1. The number of nitrogens with zero attached hydrogens (tertiary/aromatic N) is 2. The highest BCUT2D eigenvalue weighted by atomic mass is 32.2. The number of aryl methyl sites for hydroxylation is 1. The molecule has 4 atom stereocenters. The maximum atomic E-state index is 13.0. The molecule has 4 rings (SSSR count). The number of thiazole rings is 1. The van der Waals surface area contributed by atoms with Crippen molar-refractivity contribution in [1.82, 2.24) is 9.88 Å². The van der Waals surface area contributed by atoms with Crippen LogP contribution in [0, 0.1) is 18.8 Å². The van der Waals surface area contributed by atoms with Gasteiger partial charge in [-0.1, -0.05) is 18.7 Å². The summed E-state index contributed by atoms with van der Waals surface area (Å²) in [6.07, 6.45) is 0.925. The Morgan fingerprint density at radius 2 is 2.18 bits per heavy atom. The number of ether oxygens (including phenoxy) is 1. The monoisotopic (exact) mass is 494 g/mol. The summed E-state index contributed by atoms with van der Waals surface area (Å²) in [5.41, 5.74) is 2.29. The van der Waals surface area contributed by atoms with Crippen molar-refractivity contribution in [3.8, 4) is 0 Å². The van der Waals surface area contributed by atoms with E-state index in [1.165, 1.54) is 34.9 Å². The van der Waals surface area contributed by atoms with Crippen LogP contribution in [0.25, 0.3) is 6.08 Å². The number of aliphatic hydroxyl groups excluding tert-OH is 2. The Bertz CT molecular complexity index is 1190. The largest absolute Gasteiger partial charge is 0.519 e. The number of rotatable bonds is 8. The van der Waals surface area contributed by atoms with Crippen LogP contribution in [0.4, 0.5) is 0 Å². The number of thioether (sulfide) groups is 1. The number of fused-ring (bicyclic) bond motifs is 1. The van der Waals surface area contributed by atoms with E-state index >= 15 is 0 Å². The Morgan fingerprint density at radius 1 is 1.42 bits per heavy atom. The second kappa shape index (κ2) is 9.29. The van der Waals surface area contributed by atoms with Gasteiger partial charge in [-0.3, -0.25) is 4.79 Å². The maximum absolute atomic E-state index is 13.0. The van der Waals surface area contributed by atoms with Gasteiger partial charge < -0.3 is 28.7 Å². The van der Waals surface area contributed by atoms with Crippen LogP contribution in [0.2, 0.25) is 0 Å². The zero-order valence-electron chi connectivity index (χ0n) is 18.0. The van der Waals surface area contributed by atoms with Crippen molar-refractivity contribution in [2.45, 2.75) is 46.1 Å². The lowest BCUT2D eigenvalue weighted by molar-refractivity contribution is -0.164. The summed E-state index contributed by atoms with van der Waals surface area (Å²) in [5.74, 6) is -2.51. The molecule has 2 aliphatic rings. The Balaban J connectivity index is 1.59. The van der Waals surface area contributed by atoms with Gasteiger partial charge in [0.25, 0.3) is 0 Å². The molecule has 0 bridgehead atoms. The van der Waals surface area contributed by atoms with Gasteiger partial charge in [0.05, 0.1) is 40.8 Å². The zero-order chi connectivity index (χ0) is 23.9. The zero-order valence-corrected chi connectivity index (χ0v) is 19.6. The number of carbonyl (C=O) groups excluding carboxylic acids is 2. The first-order chi connectivity index (χ1) is 15.7. The first kappa shape index (κ1) is 23.5. The Kier molecular flexibility index (Phi) is 6.61. The molecule has 0 aromatic carbocycles. The minimum Gasteiger partial charge on any atom is -0.453 e. The van der Waals surface area contributed by atoms with Crippen LogP contribution >= 0.6 is 23.1 Å². The maximum Gasteiger partial charge on any atom is 0.519 e. The minimum absolute atomic E-state index is 0.0872. The van der Waals surface area contributed by atoms with Gasteiger partial charge in [-0.25, -0.2) is 14.6 Å². The van der Waals surface area contributed by atoms with E-state index < -0.39 is 23.8 Å². The fourth-order valence-electron chi connectivity index (χ4n) is 4.08. The van der Waals surface area contributed by atoms with Gasteiger partial charge in [0.1, 0.15) is 5.70 Å². The fraction of sp³-hybridized carbons (Fsp3) is 0.429. The smallest absolute Gasteiger partial charge is 0.453 e. The molecule has 0 spiro atoms.